The maximum Gasteiger partial charge on any atom is 0.361 e. The van der Waals surface area contributed by atoms with Crippen LogP contribution in [0.1, 0.15) is 0 Å². The number of hydrogen-bond acceptors (Lipinski definition) is 2. The third-order valence-electron chi connectivity index (χ3n) is 0.225. The Kier molecular flexibility index (Phi) is 5.02. The third-order valence-corrected chi connectivity index (χ3v) is 0.675. The molecule has 0 saturated heterocycles. The van der Waals surface area contributed by atoms with E-state index in [1.54, 1.807) is 0 Å². The highest BCUT2D eigenvalue weighted by atomic mass is 32.2. The maximum absolute atomic E-state index is 10.7. The standard InChI is InChI=1S/CH2F2O3S.Mg.2H/c2-1(3)7(4,5)6;;;/h1H,(H,4,5,6);;;. The van der Waals surface area contributed by atoms with E-state index in [1.165, 1.54) is 0 Å². The summed E-state index contributed by atoms with van der Waals surface area (Å²) in [5.41, 5.74) is 0. The monoisotopic (exact) mass is 158 g/mol. The van der Waals surface area contributed by atoms with E-state index < -0.39 is 15.9 Å². The molecule has 0 saturated carbocycles. The fourth-order valence-electron chi connectivity index (χ4n) is 0. The summed E-state index contributed by atoms with van der Waals surface area (Å²) in [5.74, 6) is -3.67. The Balaban J connectivity index is 0. The van der Waals surface area contributed by atoms with Gasteiger partial charge in [0.05, 0.1) is 0 Å². The lowest BCUT2D eigenvalue weighted by atomic mass is 11.7. The fraction of sp³-hybridized carbons (Fsp3) is 1.00. The normalized spacial score (nSPS) is 11.0. The highest BCUT2D eigenvalue weighted by Crippen LogP contribution is 1.98. The molecule has 8 heavy (non-hydrogen) atoms. The zero-order valence-corrected chi connectivity index (χ0v) is 3.82. The highest BCUT2D eigenvalue weighted by Gasteiger charge is 2.18. The molecule has 3 nitrogen and oxygen atoms in total. The lowest BCUT2D eigenvalue weighted by Crippen LogP contribution is -2.07. The Morgan fingerprint density at radius 3 is 1.50 bits per heavy atom. The summed E-state index contributed by atoms with van der Waals surface area (Å²) in [6, 6.07) is 0. The van der Waals surface area contributed by atoms with Gasteiger partial charge in [0.25, 0.3) is 0 Å². The van der Waals surface area contributed by atoms with Crippen LogP contribution in [0.2, 0.25) is 0 Å². The van der Waals surface area contributed by atoms with Crippen LogP contribution in [-0.2, 0) is 10.1 Å². The van der Waals surface area contributed by atoms with E-state index in [-0.39, 0.29) is 23.1 Å². The second-order valence-electron chi connectivity index (χ2n) is 0.776. The Bertz CT molecular complexity index is 139. The summed E-state index contributed by atoms with van der Waals surface area (Å²) < 4.78 is 47.0. The molecule has 0 aromatic carbocycles. The van der Waals surface area contributed by atoms with Crippen LogP contribution in [0.4, 0.5) is 8.78 Å². The van der Waals surface area contributed by atoms with Crippen molar-refractivity contribution in [1.82, 2.24) is 0 Å². The van der Waals surface area contributed by atoms with Crippen LogP contribution in [0.5, 0.6) is 0 Å². The average molecular weight is 158 g/mol. The van der Waals surface area contributed by atoms with Crippen LogP contribution >= 0.6 is 0 Å². The number of hydrogen-bond donors (Lipinski definition) is 1. The fourth-order valence-corrected chi connectivity index (χ4v) is 0. The van der Waals surface area contributed by atoms with E-state index in [1.807, 2.05) is 0 Å². The van der Waals surface area contributed by atoms with Crippen molar-refractivity contribution < 1.29 is 21.8 Å². The minimum atomic E-state index is -5.07. The van der Waals surface area contributed by atoms with Gasteiger partial charge >= 0.3 is 38.9 Å². The van der Waals surface area contributed by atoms with E-state index in [4.69, 9.17) is 13.0 Å². The van der Waals surface area contributed by atoms with Crippen molar-refractivity contribution in [2.45, 2.75) is 5.76 Å². The summed E-state index contributed by atoms with van der Waals surface area (Å²) in [5, 5.41) is 0. The molecule has 0 aliphatic rings. The van der Waals surface area contributed by atoms with Crippen LogP contribution in [-0.4, -0.2) is 41.8 Å². The molecule has 0 atom stereocenters. The zero-order chi connectivity index (χ0) is 6.08. The first kappa shape index (κ1) is 11.3. The van der Waals surface area contributed by atoms with Crippen molar-refractivity contribution in [2.24, 2.45) is 0 Å². The molecule has 0 heterocycles. The molecular weight excluding hydrogens is 154 g/mol. The van der Waals surface area contributed by atoms with Crippen molar-refractivity contribution in [2.75, 3.05) is 0 Å². The second kappa shape index (κ2) is 3.54. The molecule has 0 aliphatic carbocycles. The molecule has 0 aliphatic heterocycles. The number of alkyl halides is 2. The van der Waals surface area contributed by atoms with Gasteiger partial charge in [0.2, 0.25) is 0 Å². The smallest absolute Gasteiger partial charge is 0.281 e. The lowest BCUT2D eigenvalue weighted by molar-refractivity contribution is 0.217. The molecular formula is CH4F2MgO3S. The van der Waals surface area contributed by atoms with E-state index in [0.29, 0.717) is 0 Å². The van der Waals surface area contributed by atoms with Gasteiger partial charge < -0.3 is 0 Å². The first-order valence-corrected chi connectivity index (χ1v) is 2.69. The van der Waals surface area contributed by atoms with Gasteiger partial charge in [-0.05, 0) is 0 Å². The van der Waals surface area contributed by atoms with Gasteiger partial charge in [-0.3, -0.25) is 4.55 Å². The average Bonchev–Trinajstić information content (AvgIpc) is 1.31. The van der Waals surface area contributed by atoms with Crippen LogP contribution in [0.25, 0.3) is 0 Å². The molecule has 48 valence electrons. The van der Waals surface area contributed by atoms with Crippen molar-refractivity contribution in [3.63, 3.8) is 0 Å². The van der Waals surface area contributed by atoms with Crippen LogP contribution in [0.15, 0.2) is 0 Å². The second-order valence-corrected chi connectivity index (χ2v) is 2.16. The van der Waals surface area contributed by atoms with Crippen LogP contribution < -0.4 is 0 Å². The van der Waals surface area contributed by atoms with Gasteiger partial charge in [0, 0.05) is 0 Å². The molecule has 7 heteroatoms. The molecule has 0 spiro atoms. The van der Waals surface area contributed by atoms with Gasteiger partial charge in [0.15, 0.2) is 0 Å². The molecule has 1 N–H and O–H groups in total. The van der Waals surface area contributed by atoms with Gasteiger partial charge in [-0.25, -0.2) is 0 Å². The van der Waals surface area contributed by atoms with Gasteiger partial charge in [0.1, 0.15) is 0 Å². The Hall–Kier alpha value is 0.536. The first-order valence-electron chi connectivity index (χ1n) is 1.19. The summed E-state index contributed by atoms with van der Waals surface area (Å²) in [6.07, 6.45) is 0. The summed E-state index contributed by atoms with van der Waals surface area (Å²) >= 11 is 0. The summed E-state index contributed by atoms with van der Waals surface area (Å²) in [7, 11) is -5.07. The first-order chi connectivity index (χ1) is 2.94. The minimum absolute atomic E-state index is 0. The minimum Gasteiger partial charge on any atom is -0.281 e. The maximum atomic E-state index is 10.7. The van der Waals surface area contributed by atoms with Crippen molar-refractivity contribution in [3.8, 4) is 0 Å². The molecule has 0 amide bonds. The Labute approximate surface area is 61.0 Å². The largest absolute Gasteiger partial charge is 0.361 e. The van der Waals surface area contributed by atoms with E-state index >= 15 is 0 Å². The van der Waals surface area contributed by atoms with Crippen LogP contribution in [0.3, 0.4) is 0 Å². The summed E-state index contributed by atoms with van der Waals surface area (Å²) in [6.45, 7) is 0. The highest BCUT2D eigenvalue weighted by molar-refractivity contribution is 7.86. The molecule has 0 aromatic rings. The van der Waals surface area contributed by atoms with E-state index in [9.17, 15) is 8.78 Å². The Morgan fingerprint density at radius 1 is 1.38 bits per heavy atom. The molecule has 0 bridgehead atoms. The van der Waals surface area contributed by atoms with Crippen molar-refractivity contribution in [3.05, 3.63) is 0 Å². The molecule has 0 aromatic heterocycles. The molecule has 0 fully saturated rings. The van der Waals surface area contributed by atoms with Crippen molar-refractivity contribution in [1.29, 1.82) is 0 Å². The Morgan fingerprint density at radius 2 is 1.50 bits per heavy atom. The van der Waals surface area contributed by atoms with Gasteiger partial charge in [-0.1, -0.05) is 0 Å². The predicted molar refractivity (Wildman–Crippen MR) is 26.1 cm³/mol. The SMILES string of the molecule is O=S(=O)(O)C(F)F.[MgH2]. The summed E-state index contributed by atoms with van der Waals surface area (Å²) in [4.78, 5) is 0. The molecule has 0 unspecified atom stereocenters. The zero-order valence-electron chi connectivity index (χ0n) is 3.01. The van der Waals surface area contributed by atoms with E-state index in [2.05, 4.69) is 0 Å². The third kappa shape index (κ3) is 4.69. The van der Waals surface area contributed by atoms with Gasteiger partial charge in [-0.2, -0.15) is 17.2 Å². The number of halogens is 2. The van der Waals surface area contributed by atoms with Crippen molar-refractivity contribution >= 4 is 33.2 Å². The van der Waals surface area contributed by atoms with Gasteiger partial charge in [-0.15, -0.1) is 0 Å². The quantitative estimate of drug-likeness (QED) is 0.401. The predicted octanol–water partition coefficient (Wildman–Crippen LogP) is -0.819. The van der Waals surface area contributed by atoms with E-state index in [0.717, 1.165) is 0 Å². The lowest BCUT2D eigenvalue weighted by Gasteiger charge is -1.87. The number of rotatable bonds is 1. The topological polar surface area (TPSA) is 54.4 Å². The molecule has 0 radical (unpaired) electrons. The molecule has 0 rings (SSSR count). The van der Waals surface area contributed by atoms with Crippen LogP contribution in [0, 0.1) is 0 Å².